The molecule has 0 aromatic heterocycles. The number of aliphatic hydroxyl groups is 1. The van der Waals surface area contributed by atoms with Gasteiger partial charge in [-0.05, 0) is 30.7 Å². The fraction of sp³-hybridized carbons (Fsp3) is 0.571. The molecule has 2 rings (SSSR count). The van der Waals surface area contributed by atoms with Crippen LogP contribution in [0, 0.1) is 22.0 Å². The Morgan fingerprint density at radius 3 is 2.71 bits per heavy atom. The SMILES string of the molecule is O=[N+]([O-])c1ccc(NCC2CCCC2CO)c(C(F)F)c1. The van der Waals surface area contributed by atoms with E-state index in [1.54, 1.807) is 0 Å². The number of alkyl halides is 2. The first-order valence-corrected chi connectivity index (χ1v) is 6.94. The van der Waals surface area contributed by atoms with Gasteiger partial charge in [-0.3, -0.25) is 10.1 Å². The summed E-state index contributed by atoms with van der Waals surface area (Å²) in [6.45, 7) is 0.594. The van der Waals surface area contributed by atoms with Crippen molar-refractivity contribution in [2.75, 3.05) is 18.5 Å². The largest absolute Gasteiger partial charge is 0.396 e. The van der Waals surface area contributed by atoms with E-state index in [1.807, 2.05) is 0 Å². The van der Waals surface area contributed by atoms with E-state index < -0.39 is 11.3 Å². The van der Waals surface area contributed by atoms with Crippen molar-refractivity contribution in [3.63, 3.8) is 0 Å². The zero-order valence-corrected chi connectivity index (χ0v) is 11.5. The second-order valence-electron chi connectivity index (χ2n) is 5.34. The van der Waals surface area contributed by atoms with Crippen molar-refractivity contribution in [2.24, 2.45) is 11.8 Å². The highest BCUT2D eigenvalue weighted by Gasteiger charge is 2.27. The van der Waals surface area contributed by atoms with Gasteiger partial charge in [0.2, 0.25) is 0 Å². The van der Waals surface area contributed by atoms with Crippen molar-refractivity contribution in [2.45, 2.75) is 25.7 Å². The number of nitro groups is 1. The number of non-ortho nitro benzene ring substituents is 1. The highest BCUT2D eigenvalue weighted by atomic mass is 19.3. The van der Waals surface area contributed by atoms with Crippen molar-refractivity contribution >= 4 is 11.4 Å². The maximum atomic E-state index is 13.0. The molecule has 0 aliphatic heterocycles. The predicted molar refractivity (Wildman–Crippen MR) is 74.5 cm³/mol. The lowest BCUT2D eigenvalue weighted by Gasteiger charge is -2.19. The molecule has 1 saturated carbocycles. The van der Waals surface area contributed by atoms with Crippen LogP contribution in [0.5, 0.6) is 0 Å². The summed E-state index contributed by atoms with van der Waals surface area (Å²) in [5, 5.41) is 22.9. The highest BCUT2D eigenvalue weighted by molar-refractivity contribution is 5.56. The molecule has 7 heteroatoms. The Kier molecular flexibility index (Phi) is 5.06. The number of aliphatic hydroxyl groups excluding tert-OH is 1. The minimum absolute atomic E-state index is 0.105. The smallest absolute Gasteiger partial charge is 0.270 e. The van der Waals surface area contributed by atoms with Crippen LogP contribution in [0.4, 0.5) is 20.2 Å². The van der Waals surface area contributed by atoms with Crippen LogP contribution in [-0.2, 0) is 0 Å². The Labute approximate surface area is 121 Å². The van der Waals surface area contributed by atoms with Crippen molar-refractivity contribution in [3.8, 4) is 0 Å². The quantitative estimate of drug-likeness (QED) is 0.624. The first kappa shape index (κ1) is 15.6. The number of rotatable bonds is 6. The molecule has 0 saturated heterocycles. The summed E-state index contributed by atoms with van der Waals surface area (Å²) in [6, 6.07) is 3.44. The summed E-state index contributed by atoms with van der Waals surface area (Å²) < 4.78 is 26.0. The van der Waals surface area contributed by atoms with Crippen molar-refractivity contribution in [3.05, 3.63) is 33.9 Å². The predicted octanol–water partition coefficient (Wildman–Crippen LogP) is 3.35. The van der Waals surface area contributed by atoms with E-state index >= 15 is 0 Å². The summed E-state index contributed by atoms with van der Waals surface area (Å²) in [7, 11) is 0. The van der Waals surface area contributed by atoms with Gasteiger partial charge in [-0.25, -0.2) is 8.78 Å². The van der Waals surface area contributed by atoms with Gasteiger partial charge in [-0.1, -0.05) is 6.42 Å². The Morgan fingerprint density at radius 1 is 1.38 bits per heavy atom. The van der Waals surface area contributed by atoms with Gasteiger partial charge >= 0.3 is 0 Å². The molecule has 2 atom stereocenters. The Morgan fingerprint density at radius 2 is 2.10 bits per heavy atom. The molecule has 21 heavy (non-hydrogen) atoms. The van der Waals surface area contributed by atoms with Gasteiger partial charge in [0, 0.05) is 36.5 Å². The monoisotopic (exact) mass is 300 g/mol. The van der Waals surface area contributed by atoms with Gasteiger partial charge in [0.15, 0.2) is 0 Å². The van der Waals surface area contributed by atoms with Crippen LogP contribution in [0.3, 0.4) is 0 Å². The third kappa shape index (κ3) is 3.66. The number of halogens is 2. The molecule has 2 N–H and O–H groups in total. The van der Waals surface area contributed by atoms with Gasteiger partial charge < -0.3 is 10.4 Å². The maximum Gasteiger partial charge on any atom is 0.270 e. The molecule has 1 fully saturated rings. The number of benzene rings is 1. The van der Waals surface area contributed by atoms with Gasteiger partial charge in [-0.2, -0.15) is 0 Å². The minimum atomic E-state index is -2.77. The molecule has 0 spiro atoms. The molecule has 1 aliphatic rings. The second kappa shape index (κ2) is 6.80. The normalized spacial score (nSPS) is 21.7. The molecule has 0 radical (unpaired) electrons. The number of nitro benzene ring substituents is 1. The standard InChI is InChI=1S/C14H18F2N2O3/c15-14(16)12-6-11(18(20)21)4-5-13(12)17-7-9-2-1-3-10(9)8-19/h4-6,9-10,14,17,19H,1-3,7-8H2. The van der Waals surface area contributed by atoms with Crippen LogP contribution in [0.2, 0.25) is 0 Å². The van der Waals surface area contributed by atoms with E-state index in [2.05, 4.69) is 5.32 Å². The molecule has 5 nitrogen and oxygen atoms in total. The lowest BCUT2D eigenvalue weighted by atomic mass is 9.97. The fourth-order valence-corrected chi connectivity index (χ4v) is 2.87. The third-order valence-corrected chi connectivity index (χ3v) is 4.09. The van der Waals surface area contributed by atoms with Crippen molar-refractivity contribution in [1.82, 2.24) is 0 Å². The summed E-state index contributed by atoms with van der Waals surface area (Å²) in [6.07, 6.45) is 0.157. The van der Waals surface area contributed by atoms with E-state index in [0.29, 0.717) is 6.54 Å². The molecular weight excluding hydrogens is 282 g/mol. The van der Waals surface area contributed by atoms with Crippen molar-refractivity contribution < 1.29 is 18.8 Å². The van der Waals surface area contributed by atoms with Crippen LogP contribution in [0.25, 0.3) is 0 Å². The summed E-state index contributed by atoms with van der Waals surface area (Å²) in [5.74, 6) is 0.446. The fourth-order valence-electron chi connectivity index (χ4n) is 2.87. The van der Waals surface area contributed by atoms with E-state index in [1.165, 1.54) is 12.1 Å². The molecule has 1 aromatic carbocycles. The molecule has 116 valence electrons. The van der Waals surface area contributed by atoms with Gasteiger partial charge in [0.1, 0.15) is 0 Å². The molecule has 0 bridgehead atoms. The Bertz CT molecular complexity index is 511. The summed E-state index contributed by atoms with van der Waals surface area (Å²) in [5.41, 5.74) is -0.480. The third-order valence-electron chi connectivity index (χ3n) is 4.09. The van der Waals surface area contributed by atoms with Crippen molar-refractivity contribution in [1.29, 1.82) is 0 Å². The highest BCUT2D eigenvalue weighted by Crippen LogP contribution is 2.34. The van der Waals surface area contributed by atoms with Crippen LogP contribution >= 0.6 is 0 Å². The average molecular weight is 300 g/mol. The van der Waals surface area contributed by atoms with Crippen LogP contribution in [0.1, 0.15) is 31.3 Å². The van der Waals surface area contributed by atoms with Crippen LogP contribution in [-0.4, -0.2) is 23.2 Å². The molecule has 1 aliphatic carbocycles. The number of nitrogens with one attached hydrogen (secondary N) is 1. The molecule has 2 unspecified atom stereocenters. The maximum absolute atomic E-state index is 13.0. The van der Waals surface area contributed by atoms with Gasteiger partial charge in [0.05, 0.1) is 4.92 Å². The summed E-state index contributed by atoms with van der Waals surface area (Å²) in [4.78, 5) is 9.96. The van der Waals surface area contributed by atoms with Crippen LogP contribution < -0.4 is 5.32 Å². The Hall–Kier alpha value is -1.76. The number of hydrogen-bond acceptors (Lipinski definition) is 4. The zero-order chi connectivity index (χ0) is 15.4. The minimum Gasteiger partial charge on any atom is -0.396 e. The Balaban J connectivity index is 2.10. The van der Waals surface area contributed by atoms with Gasteiger partial charge in [-0.15, -0.1) is 0 Å². The van der Waals surface area contributed by atoms with E-state index in [0.717, 1.165) is 25.3 Å². The average Bonchev–Trinajstić information content (AvgIpc) is 2.92. The molecule has 1 aromatic rings. The molecule has 0 heterocycles. The summed E-state index contributed by atoms with van der Waals surface area (Å²) >= 11 is 0. The number of nitrogens with zero attached hydrogens (tertiary/aromatic N) is 1. The van der Waals surface area contributed by atoms with E-state index in [4.69, 9.17) is 0 Å². The van der Waals surface area contributed by atoms with E-state index in [9.17, 15) is 24.0 Å². The lowest BCUT2D eigenvalue weighted by molar-refractivity contribution is -0.385. The molecule has 0 amide bonds. The molecular formula is C14H18F2N2O3. The first-order valence-electron chi connectivity index (χ1n) is 6.94. The number of anilines is 1. The topological polar surface area (TPSA) is 75.4 Å². The second-order valence-corrected chi connectivity index (χ2v) is 5.34. The van der Waals surface area contributed by atoms with Crippen LogP contribution in [0.15, 0.2) is 18.2 Å². The van der Waals surface area contributed by atoms with E-state index in [-0.39, 0.29) is 35.4 Å². The number of hydrogen-bond donors (Lipinski definition) is 2. The lowest BCUT2D eigenvalue weighted by Crippen LogP contribution is -2.21. The first-order chi connectivity index (χ1) is 10.0. The zero-order valence-electron chi connectivity index (χ0n) is 11.5. The van der Waals surface area contributed by atoms with Gasteiger partial charge in [0.25, 0.3) is 12.1 Å².